The highest BCUT2D eigenvalue weighted by atomic mass is 16.1. The number of rotatable bonds is 6. The molecule has 6 heteroatoms. The number of piperidine rings is 1. The predicted octanol–water partition coefficient (Wildman–Crippen LogP) is 2.94. The molecule has 28 heavy (non-hydrogen) atoms. The van der Waals surface area contributed by atoms with E-state index in [-0.39, 0.29) is 11.8 Å². The molecule has 0 unspecified atom stereocenters. The lowest BCUT2D eigenvalue weighted by atomic mass is 9.96. The molecule has 0 aliphatic carbocycles. The topological polar surface area (TPSA) is 84.1 Å². The minimum absolute atomic E-state index is 0.0441. The predicted molar refractivity (Wildman–Crippen MR) is 111 cm³/mol. The number of nitrogens with two attached hydrogens (primary N) is 1. The van der Waals surface area contributed by atoms with E-state index in [9.17, 15) is 4.79 Å². The summed E-state index contributed by atoms with van der Waals surface area (Å²) in [5.74, 6) is 0.738. The van der Waals surface area contributed by atoms with Crippen molar-refractivity contribution in [2.75, 3.05) is 18.4 Å². The second-order valence-electron chi connectivity index (χ2n) is 7.36. The first-order valence-electron chi connectivity index (χ1n) is 9.72. The maximum absolute atomic E-state index is 11.3. The van der Waals surface area contributed by atoms with Crippen LogP contribution in [0, 0.1) is 5.92 Å². The molecule has 1 saturated heterocycles. The van der Waals surface area contributed by atoms with Crippen LogP contribution in [0.4, 0.5) is 5.82 Å². The molecule has 1 aromatic heterocycles. The van der Waals surface area contributed by atoms with Gasteiger partial charge in [-0.05, 0) is 49.2 Å². The first-order chi connectivity index (χ1) is 13.7. The number of anilines is 1. The van der Waals surface area contributed by atoms with E-state index >= 15 is 0 Å². The molecule has 1 fully saturated rings. The Morgan fingerprint density at radius 1 is 1.04 bits per heavy atom. The molecule has 144 valence electrons. The Bertz CT molecular complexity index is 943. The lowest BCUT2D eigenvalue weighted by molar-refractivity contribution is -0.123. The number of hydrogen-bond donors (Lipinski definition) is 2. The van der Waals surface area contributed by atoms with Crippen LogP contribution in [0.2, 0.25) is 0 Å². The van der Waals surface area contributed by atoms with E-state index < -0.39 is 0 Å². The summed E-state index contributed by atoms with van der Waals surface area (Å²) >= 11 is 0. The largest absolute Gasteiger partial charge is 0.369 e. The number of primary amides is 1. The third-order valence-corrected chi connectivity index (χ3v) is 5.42. The molecule has 0 radical (unpaired) electrons. The van der Waals surface area contributed by atoms with Crippen LogP contribution in [0.15, 0.2) is 54.9 Å². The number of para-hydroxylation sites is 1. The van der Waals surface area contributed by atoms with Gasteiger partial charge in [0.2, 0.25) is 5.91 Å². The number of nitrogens with zero attached hydrogens (tertiary/aromatic N) is 3. The van der Waals surface area contributed by atoms with Crippen molar-refractivity contribution in [3.05, 3.63) is 66.0 Å². The van der Waals surface area contributed by atoms with Crippen LogP contribution in [-0.2, 0) is 17.9 Å². The first kappa shape index (κ1) is 18.4. The molecule has 4 rings (SSSR count). The Morgan fingerprint density at radius 2 is 1.75 bits per heavy atom. The van der Waals surface area contributed by atoms with Gasteiger partial charge in [-0.1, -0.05) is 36.4 Å². The van der Waals surface area contributed by atoms with Crippen LogP contribution in [0.5, 0.6) is 0 Å². The van der Waals surface area contributed by atoms with Gasteiger partial charge in [-0.3, -0.25) is 9.69 Å². The lowest BCUT2D eigenvalue weighted by Gasteiger charge is -2.30. The maximum Gasteiger partial charge on any atom is 0.220 e. The minimum atomic E-state index is -0.159. The van der Waals surface area contributed by atoms with Crippen LogP contribution >= 0.6 is 0 Å². The van der Waals surface area contributed by atoms with E-state index in [1.54, 1.807) is 6.33 Å². The average molecular weight is 375 g/mol. The molecule has 0 spiro atoms. The molecule has 2 aromatic carbocycles. The molecule has 0 saturated carbocycles. The highest BCUT2D eigenvalue weighted by molar-refractivity contribution is 5.88. The molecular weight excluding hydrogens is 350 g/mol. The molecule has 1 aliphatic rings. The van der Waals surface area contributed by atoms with Gasteiger partial charge in [0.25, 0.3) is 0 Å². The van der Waals surface area contributed by atoms with Crippen molar-refractivity contribution in [3.8, 4) is 0 Å². The van der Waals surface area contributed by atoms with Gasteiger partial charge in [0.1, 0.15) is 12.1 Å². The number of likely N-dealkylation sites (tertiary alicyclic amines) is 1. The van der Waals surface area contributed by atoms with Gasteiger partial charge in [0, 0.05) is 24.4 Å². The molecule has 0 atom stereocenters. The fourth-order valence-corrected chi connectivity index (χ4v) is 3.73. The van der Waals surface area contributed by atoms with E-state index in [0.29, 0.717) is 6.54 Å². The van der Waals surface area contributed by atoms with Crippen molar-refractivity contribution in [3.63, 3.8) is 0 Å². The zero-order valence-electron chi connectivity index (χ0n) is 15.8. The summed E-state index contributed by atoms with van der Waals surface area (Å²) < 4.78 is 0. The number of carbonyl (C=O) groups is 1. The Morgan fingerprint density at radius 3 is 2.50 bits per heavy atom. The third kappa shape index (κ3) is 4.28. The van der Waals surface area contributed by atoms with Gasteiger partial charge in [-0.2, -0.15) is 0 Å². The first-order valence-corrected chi connectivity index (χ1v) is 9.72. The highest BCUT2D eigenvalue weighted by Gasteiger charge is 2.22. The zero-order chi connectivity index (χ0) is 19.3. The van der Waals surface area contributed by atoms with Crippen LogP contribution in [0.25, 0.3) is 10.9 Å². The molecule has 1 amide bonds. The van der Waals surface area contributed by atoms with Gasteiger partial charge in [-0.25, -0.2) is 9.97 Å². The van der Waals surface area contributed by atoms with Crippen LogP contribution in [-0.4, -0.2) is 33.9 Å². The van der Waals surface area contributed by atoms with E-state index in [1.165, 1.54) is 11.1 Å². The molecule has 3 aromatic rings. The van der Waals surface area contributed by atoms with Crippen molar-refractivity contribution in [2.45, 2.75) is 25.9 Å². The summed E-state index contributed by atoms with van der Waals surface area (Å²) in [7, 11) is 0. The van der Waals surface area contributed by atoms with E-state index in [0.717, 1.165) is 49.2 Å². The number of carbonyl (C=O) groups excluding carboxylic acids is 1. The van der Waals surface area contributed by atoms with Gasteiger partial charge in [0.15, 0.2) is 0 Å². The average Bonchev–Trinajstić information content (AvgIpc) is 2.73. The van der Waals surface area contributed by atoms with Crippen LogP contribution < -0.4 is 11.1 Å². The standard InChI is InChI=1S/C22H25N5O/c23-21(28)18-9-11-27(12-10-18)14-17-7-5-16(6-8-17)13-24-22-19-3-1-2-4-20(19)25-15-26-22/h1-8,15,18H,9-14H2,(H2,23,28)(H,24,25,26). The number of aromatic nitrogens is 2. The van der Waals surface area contributed by atoms with Crippen molar-refractivity contribution < 1.29 is 4.79 Å². The second-order valence-corrected chi connectivity index (χ2v) is 7.36. The smallest absolute Gasteiger partial charge is 0.220 e. The SMILES string of the molecule is NC(=O)C1CCN(Cc2ccc(CNc3ncnc4ccccc34)cc2)CC1. The summed E-state index contributed by atoms with van der Waals surface area (Å²) in [4.78, 5) is 22.3. The normalized spacial score (nSPS) is 15.6. The fraction of sp³-hybridized carbons (Fsp3) is 0.318. The van der Waals surface area contributed by atoms with E-state index in [1.807, 2.05) is 24.3 Å². The number of nitrogens with one attached hydrogen (secondary N) is 1. The van der Waals surface area contributed by atoms with Gasteiger partial charge < -0.3 is 11.1 Å². The van der Waals surface area contributed by atoms with Crippen LogP contribution in [0.3, 0.4) is 0 Å². The Labute approximate surface area is 164 Å². The van der Waals surface area contributed by atoms with Gasteiger partial charge >= 0.3 is 0 Å². The number of fused-ring (bicyclic) bond motifs is 1. The monoisotopic (exact) mass is 375 g/mol. The zero-order valence-corrected chi connectivity index (χ0v) is 15.8. The minimum Gasteiger partial charge on any atom is -0.369 e. The van der Waals surface area contributed by atoms with Crippen molar-refractivity contribution in [2.24, 2.45) is 11.7 Å². The molecule has 1 aliphatic heterocycles. The van der Waals surface area contributed by atoms with Crippen molar-refractivity contribution in [1.82, 2.24) is 14.9 Å². The highest BCUT2D eigenvalue weighted by Crippen LogP contribution is 2.20. The molecule has 0 bridgehead atoms. The quantitative estimate of drug-likeness (QED) is 0.692. The number of hydrogen-bond acceptors (Lipinski definition) is 5. The molecule has 3 N–H and O–H groups in total. The summed E-state index contributed by atoms with van der Waals surface area (Å²) in [5.41, 5.74) is 8.85. The summed E-state index contributed by atoms with van der Waals surface area (Å²) in [6.45, 7) is 3.48. The van der Waals surface area contributed by atoms with Gasteiger partial charge in [0.05, 0.1) is 5.52 Å². The maximum atomic E-state index is 11.3. The second kappa shape index (κ2) is 8.35. The lowest BCUT2D eigenvalue weighted by Crippen LogP contribution is -2.38. The van der Waals surface area contributed by atoms with Crippen LogP contribution in [0.1, 0.15) is 24.0 Å². The Hall–Kier alpha value is -2.99. The molecular formula is C22H25N5O. The Kier molecular flexibility index (Phi) is 5.48. The van der Waals surface area contributed by atoms with Gasteiger partial charge in [-0.15, -0.1) is 0 Å². The number of benzene rings is 2. The van der Waals surface area contributed by atoms with Crippen molar-refractivity contribution >= 4 is 22.6 Å². The molecule has 2 heterocycles. The fourth-order valence-electron chi connectivity index (χ4n) is 3.73. The molecule has 6 nitrogen and oxygen atoms in total. The van der Waals surface area contributed by atoms with Crippen molar-refractivity contribution in [1.29, 1.82) is 0 Å². The summed E-state index contributed by atoms with van der Waals surface area (Å²) in [6.07, 6.45) is 3.32. The Balaban J connectivity index is 1.33. The summed E-state index contributed by atoms with van der Waals surface area (Å²) in [5, 5.41) is 4.44. The van der Waals surface area contributed by atoms with E-state index in [2.05, 4.69) is 44.5 Å². The number of amides is 1. The summed E-state index contributed by atoms with van der Waals surface area (Å²) in [6, 6.07) is 16.7. The third-order valence-electron chi connectivity index (χ3n) is 5.42. The van der Waals surface area contributed by atoms with E-state index in [4.69, 9.17) is 5.73 Å².